The predicted octanol–water partition coefficient (Wildman–Crippen LogP) is 1.53. The van der Waals surface area contributed by atoms with Crippen molar-refractivity contribution in [1.82, 2.24) is 14.5 Å². The molecule has 1 aliphatic rings. The van der Waals surface area contributed by atoms with E-state index in [2.05, 4.69) is 21.2 Å². The van der Waals surface area contributed by atoms with E-state index in [1.165, 1.54) is 0 Å². The van der Waals surface area contributed by atoms with Crippen LogP contribution in [0.2, 0.25) is 0 Å². The molecular formula is C13H14BrN3O2. The highest BCUT2D eigenvalue weighted by Crippen LogP contribution is 2.25. The number of amides is 1. The summed E-state index contributed by atoms with van der Waals surface area (Å²) < 4.78 is 3.83. The van der Waals surface area contributed by atoms with Gasteiger partial charge in [-0.15, -0.1) is 0 Å². The lowest BCUT2D eigenvalue weighted by atomic mass is 10.2. The highest BCUT2D eigenvalue weighted by Gasteiger charge is 2.25. The van der Waals surface area contributed by atoms with Crippen LogP contribution in [0.15, 0.2) is 21.4 Å². The van der Waals surface area contributed by atoms with Gasteiger partial charge in [-0.05, 0) is 40.9 Å². The number of aromatic nitrogens is 2. The molecule has 0 atom stereocenters. The molecule has 19 heavy (non-hydrogen) atoms. The summed E-state index contributed by atoms with van der Waals surface area (Å²) in [7, 11) is 3.43. The van der Waals surface area contributed by atoms with Crippen LogP contribution in [0.4, 0.5) is 0 Å². The third-order valence-corrected chi connectivity index (χ3v) is 4.17. The first-order valence-electron chi connectivity index (χ1n) is 6.15. The normalized spacial score (nSPS) is 14.9. The van der Waals surface area contributed by atoms with Gasteiger partial charge in [0.15, 0.2) is 0 Å². The standard InChI is InChI=1S/C13H14BrN3O2/c1-16-10-5-8(12(18)15-7-3-4-7)9(14)6-11(10)17(2)13(16)19/h5-7H,3-4H2,1-2H3,(H,15,18). The molecule has 6 heteroatoms. The molecule has 1 heterocycles. The minimum atomic E-state index is -0.0957. The molecule has 0 radical (unpaired) electrons. The van der Waals surface area contributed by atoms with Crippen LogP contribution in [0.5, 0.6) is 0 Å². The molecule has 0 unspecified atom stereocenters. The summed E-state index contributed by atoms with van der Waals surface area (Å²) in [6.07, 6.45) is 2.10. The zero-order valence-electron chi connectivity index (χ0n) is 10.7. The maximum absolute atomic E-state index is 12.1. The Labute approximate surface area is 118 Å². The van der Waals surface area contributed by atoms with Gasteiger partial charge >= 0.3 is 5.69 Å². The van der Waals surface area contributed by atoms with Gasteiger partial charge in [-0.2, -0.15) is 0 Å². The molecule has 5 nitrogen and oxygen atoms in total. The summed E-state index contributed by atoms with van der Waals surface area (Å²) in [6, 6.07) is 3.89. The van der Waals surface area contributed by atoms with E-state index in [4.69, 9.17) is 0 Å². The minimum absolute atomic E-state index is 0.0902. The molecule has 2 aromatic rings. The van der Waals surface area contributed by atoms with Crippen molar-refractivity contribution >= 4 is 32.9 Å². The Morgan fingerprint density at radius 1 is 1.26 bits per heavy atom. The Hall–Kier alpha value is -1.56. The number of rotatable bonds is 2. The van der Waals surface area contributed by atoms with E-state index >= 15 is 0 Å². The topological polar surface area (TPSA) is 56.0 Å². The molecule has 1 fully saturated rings. The molecule has 1 N–H and O–H groups in total. The highest BCUT2D eigenvalue weighted by atomic mass is 79.9. The molecule has 1 aromatic heterocycles. The molecule has 1 aliphatic carbocycles. The number of carbonyl (C=O) groups excluding carboxylic acids is 1. The number of nitrogens with one attached hydrogen (secondary N) is 1. The number of imidazole rings is 1. The number of nitrogens with zero attached hydrogens (tertiary/aromatic N) is 2. The average Bonchev–Trinajstić information content (AvgIpc) is 3.16. The summed E-state index contributed by atoms with van der Waals surface area (Å²) in [4.78, 5) is 24.0. The third kappa shape index (κ3) is 2.00. The second-order valence-electron chi connectivity index (χ2n) is 4.97. The number of aryl methyl sites for hydroxylation is 2. The summed E-state index contributed by atoms with van der Waals surface area (Å²) >= 11 is 3.41. The maximum Gasteiger partial charge on any atom is 0.328 e. The van der Waals surface area contributed by atoms with Crippen LogP contribution in [0.3, 0.4) is 0 Å². The highest BCUT2D eigenvalue weighted by molar-refractivity contribution is 9.10. The quantitative estimate of drug-likeness (QED) is 0.911. The number of hydrogen-bond acceptors (Lipinski definition) is 2. The van der Waals surface area contributed by atoms with E-state index in [1.807, 2.05) is 6.07 Å². The van der Waals surface area contributed by atoms with Crippen LogP contribution in [-0.4, -0.2) is 21.1 Å². The number of fused-ring (bicyclic) bond motifs is 1. The van der Waals surface area contributed by atoms with Crippen LogP contribution in [0.1, 0.15) is 23.2 Å². The van der Waals surface area contributed by atoms with E-state index in [-0.39, 0.29) is 11.6 Å². The number of hydrogen-bond donors (Lipinski definition) is 1. The maximum atomic E-state index is 12.1. The Kier molecular flexibility index (Phi) is 2.78. The molecule has 1 aromatic carbocycles. The minimum Gasteiger partial charge on any atom is -0.349 e. The lowest BCUT2D eigenvalue weighted by Crippen LogP contribution is -2.25. The lowest BCUT2D eigenvalue weighted by Gasteiger charge is -2.06. The van der Waals surface area contributed by atoms with E-state index < -0.39 is 0 Å². The van der Waals surface area contributed by atoms with Crippen molar-refractivity contribution in [3.8, 4) is 0 Å². The van der Waals surface area contributed by atoms with Gasteiger partial charge in [-0.1, -0.05) is 0 Å². The third-order valence-electron chi connectivity index (χ3n) is 3.52. The Bertz CT molecular complexity index is 740. The number of carbonyl (C=O) groups is 1. The van der Waals surface area contributed by atoms with Crippen LogP contribution in [0, 0.1) is 0 Å². The van der Waals surface area contributed by atoms with Crippen molar-refractivity contribution in [2.24, 2.45) is 14.1 Å². The zero-order valence-corrected chi connectivity index (χ0v) is 12.3. The van der Waals surface area contributed by atoms with Gasteiger partial charge in [0.25, 0.3) is 5.91 Å². The van der Waals surface area contributed by atoms with Crippen molar-refractivity contribution < 1.29 is 4.79 Å². The molecule has 1 amide bonds. The Morgan fingerprint density at radius 2 is 1.84 bits per heavy atom. The van der Waals surface area contributed by atoms with Gasteiger partial charge in [-0.25, -0.2) is 4.79 Å². The molecule has 0 saturated heterocycles. The van der Waals surface area contributed by atoms with Crippen LogP contribution < -0.4 is 11.0 Å². The Morgan fingerprint density at radius 3 is 2.42 bits per heavy atom. The van der Waals surface area contributed by atoms with Crippen LogP contribution in [-0.2, 0) is 14.1 Å². The van der Waals surface area contributed by atoms with Gasteiger partial charge in [0.1, 0.15) is 0 Å². The molecule has 3 rings (SSSR count). The average molecular weight is 324 g/mol. The summed E-state index contributed by atoms with van der Waals surface area (Å²) in [5.74, 6) is -0.0902. The smallest absolute Gasteiger partial charge is 0.328 e. The molecular weight excluding hydrogens is 310 g/mol. The van der Waals surface area contributed by atoms with Crippen LogP contribution >= 0.6 is 15.9 Å². The van der Waals surface area contributed by atoms with E-state index in [9.17, 15) is 9.59 Å². The summed E-state index contributed by atoms with van der Waals surface area (Å²) in [5, 5.41) is 2.95. The molecule has 1 saturated carbocycles. The second kappa shape index (κ2) is 4.23. The zero-order chi connectivity index (χ0) is 13.7. The second-order valence-corrected chi connectivity index (χ2v) is 5.82. The van der Waals surface area contributed by atoms with Crippen LogP contribution in [0.25, 0.3) is 11.0 Å². The largest absolute Gasteiger partial charge is 0.349 e. The lowest BCUT2D eigenvalue weighted by molar-refractivity contribution is 0.0950. The molecule has 0 spiro atoms. The first-order valence-corrected chi connectivity index (χ1v) is 6.94. The van der Waals surface area contributed by atoms with Gasteiger partial charge in [-0.3, -0.25) is 13.9 Å². The van der Waals surface area contributed by atoms with Crippen molar-refractivity contribution in [1.29, 1.82) is 0 Å². The van der Waals surface area contributed by atoms with Gasteiger partial charge in [0, 0.05) is 24.6 Å². The van der Waals surface area contributed by atoms with Gasteiger partial charge in [0.2, 0.25) is 0 Å². The fourth-order valence-electron chi connectivity index (χ4n) is 2.18. The van der Waals surface area contributed by atoms with E-state index in [0.717, 1.165) is 23.9 Å². The SMILES string of the molecule is Cn1c(=O)n(C)c2cc(C(=O)NC3CC3)c(Br)cc21. The fourth-order valence-corrected chi connectivity index (χ4v) is 2.70. The van der Waals surface area contributed by atoms with Crippen molar-refractivity contribution in [2.75, 3.05) is 0 Å². The van der Waals surface area contributed by atoms with Gasteiger partial charge < -0.3 is 5.32 Å². The molecule has 0 aliphatic heterocycles. The molecule has 100 valence electrons. The van der Waals surface area contributed by atoms with Crippen molar-refractivity contribution in [3.05, 3.63) is 32.7 Å². The Balaban J connectivity index is 2.15. The predicted molar refractivity (Wildman–Crippen MR) is 76.3 cm³/mol. The van der Waals surface area contributed by atoms with Gasteiger partial charge in [0.05, 0.1) is 16.6 Å². The first kappa shape index (κ1) is 12.5. The van der Waals surface area contributed by atoms with Crippen molar-refractivity contribution in [3.63, 3.8) is 0 Å². The summed E-state index contributed by atoms with van der Waals surface area (Å²) in [5.41, 5.74) is 2.04. The monoisotopic (exact) mass is 323 g/mol. The van der Waals surface area contributed by atoms with E-state index in [0.29, 0.717) is 16.1 Å². The van der Waals surface area contributed by atoms with E-state index in [1.54, 1.807) is 29.3 Å². The van der Waals surface area contributed by atoms with Crippen molar-refractivity contribution in [2.45, 2.75) is 18.9 Å². The number of benzene rings is 1. The fraction of sp³-hybridized carbons (Fsp3) is 0.385. The number of halogens is 1. The summed E-state index contributed by atoms with van der Waals surface area (Å²) in [6.45, 7) is 0. The molecule has 0 bridgehead atoms. The first-order chi connectivity index (χ1) is 8.99.